The third-order valence-electron chi connectivity index (χ3n) is 1.76. The molecule has 11 heavy (non-hydrogen) atoms. The summed E-state index contributed by atoms with van der Waals surface area (Å²) in [6, 6.07) is 6.31. The van der Waals surface area contributed by atoms with Crippen LogP contribution in [0.25, 0.3) is 0 Å². The molecule has 0 bridgehead atoms. The van der Waals surface area contributed by atoms with Crippen molar-refractivity contribution in [3.63, 3.8) is 0 Å². The van der Waals surface area contributed by atoms with Crippen LogP contribution in [-0.2, 0) is 11.3 Å². The molecule has 0 heterocycles. The maximum absolute atomic E-state index is 4.80. The van der Waals surface area contributed by atoms with E-state index in [0.717, 1.165) is 0 Å². The van der Waals surface area contributed by atoms with E-state index < -0.39 is 0 Å². The fraction of sp³-hybridized carbons (Fsp3) is 0.300. The summed E-state index contributed by atoms with van der Waals surface area (Å²) in [7, 11) is 3.34. The average Bonchev–Trinajstić information content (AvgIpc) is 1.95. The van der Waals surface area contributed by atoms with E-state index in [2.05, 4.69) is 39.2 Å². The fourth-order valence-electron chi connectivity index (χ4n) is 1.12. The van der Waals surface area contributed by atoms with Crippen molar-refractivity contribution in [2.24, 2.45) is 0 Å². The molecular formula is C10H13O. The average molecular weight is 149 g/mol. The van der Waals surface area contributed by atoms with Crippen molar-refractivity contribution in [3.05, 3.63) is 42.0 Å². The van der Waals surface area contributed by atoms with E-state index in [-0.39, 0.29) is 0 Å². The molecule has 0 aliphatic carbocycles. The van der Waals surface area contributed by atoms with Crippen LogP contribution in [0, 0.1) is 21.0 Å². The molecule has 0 saturated heterocycles. The summed E-state index contributed by atoms with van der Waals surface area (Å²) in [4.78, 5) is 0. The Balaban J connectivity index is 2.90. The summed E-state index contributed by atoms with van der Waals surface area (Å²) in [5.41, 5.74) is 3.77. The summed E-state index contributed by atoms with van der Waals surface area (Å²) >= 11 is 0. The Bertz CT molecular complexity index is 241. The highest BCUT2D eigenvalue weighted by Crippen LogP contribution is 2.10. The number of hydrogen-bond acceptors (Lipinski definition) is 1. The van der Waals surface area contributed by atoms with Gasteiger partial charge >= 0.3 is 0 Å². The lowest BCUT2D eigenvalue weighted by molar-refractivity contribution is 0.228. The Hall–Kier alpha value is -0.820. The van der Waals surface area contributed by atoms with Crippen LogP contribution in [0.3, 0.4) is 0 Å². The first-order valence-corrected chi connectivity index (χ1v) is 3.67. The first kappa shape index (κ1) is 8.28. The summed E-state index contributed by atoms with van der Waals surface area (Å²) in [5.74, 6) is 0. The molecule has 0 aliphatic heterocycles. The minimum absolute atomic E-state index is 0.603. The molecule has 0 N–H and O–H groups in total. The molecule has 0 atom stereocenters. The van der Waals surface area contributed by atoms with Crippen LogP contribution < -0.4 is 0 Å². The Morgan fingerprint density at radius 2 is 2.09 bits per heavy atom. The van der Waals surface area contributed by atoms with E-state index in [9.17, 15) is 0 Å². The van der Waals surface area contributed by atoms with Gasteiger partial charge < -0.3 is 4.74 Å². The van der Waals surface area contributed by atoms with Gasteiger partial charge in [0.2, 0.25) is 0 Å². The van der Waals surface area contributed by atoms with Crippen LogP contribution in [0.2, 0.25) is 0 Å². The van der Waals surface area contributed by atoms with Crippen molar-refractivity contribution in [1.29, 1.82) is 0 Å². The van der Waals surface area contributed by atoms with Gasteiger partial charge in [0.1, 0.15) is 0 Å². The van der Waals surface area contributed by atoms with E-state index in [1.807, 2.05) is 0 Å². The number of hydrogen-bond donors (Lipinski definition) is 0. The second kappa shape index (κ2) is 3.54. The quantitative estimate of drug-likeness (QED) is 0.628. The van der Waals surface area contributed by atoms with Gasteiger partial charge in [-0.3, -0.25) is 0 Å². The number of rotatable bonds is 2. The van der Waals surface area contributed by atoms with Crippen LogP contribution in [0.1, 0.15) is 16.7 Å². The molecule has 0 aromatic heterocycles. The Labute approximate surface area is 68.0 Å². The van der Waals surface area contributed by atoms with Gasteiger partial charge in [0.25, 0.3) is 0 Å². The third kappa shape index (κ3) is 2.05. The van der Waals surface area contributed by atoms with Crippen LogP contribution in [0.4, 0.5) is 0 Å². The van der Waals surface area contributed by atoms with Crippen LogP contribution >= 0.6 is 0 Å². The lowest BCUT2D eigenvalue weighted by atomic mass is 10.1. The van der Waals surface area contributed by atoms with E-state index in [1.54, 1.807) is 0 Å². The summed E-state index contributed by atoms with van der Waals surface area (Å²) in [5, 5.41) is 0. The summed E-state index contributed by atoms with van der Waals surface area (Å²) in [6.45, 7) is 4.77. The van der Waals surface area contributed by atoms with Gasteiger partial charge in [0, 0.05) is 0 Å². The van der Waals surface area contributed by atoms with Crippen molar-refractivity contribution in [2.45, 2.75) is 20.5 Å². The minimum atomic E-state index is 0.603. The van der Waals surface area contributed by atoms with E-state index >= 15 is 0 Å². The fourth-order valence-corrected chi connectivity index (χ4v) is 1.12. The van der Waals surface area contributed by atoms with Gasteiger partial charge in [-0.2, -0.15) is 0 Å². The van der Waals surface area contributed by atoms with Crippen molar-refractivity contribution in [1.82, 2.24) is 0 Å². The molecule has 0 unspecified atom stereocenters. The van der Waals surface area contributed by atoms with Crippen molar-refractivity contribution in [2.75, 3.05) is 0 Å². The predicted octanol–water partition coefficient (Wildman–Crippen LogP) is 2.61. The standard InChI is InChI=1S/C10H13O/c1-8-4-5-10(7-11-3)9(2)6-8/h4-6H,3,7H2,1-2H3. The van der Waals surface area contributed by atoms with Gasteiger partial charge in [-0.05, 0) is 25.0 Å². The number of benzene rings is 1. The lowest BCUT2D eigenvalue weighted by Gasteiger charge is -2.04. The van der Waals surface area contributed by atoms with Crippen LogP contribution in [-0.4, -0.2) is 0 Å². The molecule has 1 nitrogen and oxygen atoms in total. The summed E-state index contributed by atoms with van der Waals surface area (Å²) in [6.07, 6.45) is 0. The van der Waals surface area contributed by atoms with Gasteiger partial charge in [-0.1, -0.05) is 23.8 Å². The predicted molar refractivity (Wildman–Crippen MR) is 46.1 cm³/mol. The molecule has 0 amide bonds. The minimum Gasteiger partial charge on any atom is -0.374 e. The number of ether oxygens (including phenoxy) is 1. The van der Waals surface area contributed by atoms with Gasteiger partial charge in [0.05, 0.1) is 13.7 Å². The third-order valence-corrected chi connectivity index (χ3v) is 1.76. The van der Waals surface area contributed by atoms with E-state index in [4.69, 9.17) is 4.74 Å². The molecule has 1 rings (SSSR count). The van der Waals surface area contributed by atoms with Crippen molar-refractivity contribution >= 4 is 0 Å². The van der Waals surface area contributed by atoms with E-state index in [1.165, 1.54) is 16.7 Å². The smallest absolute Gasteiger partial charge is 0.0720 e. The molecule has 1 radical (unpaired) electrons. The van der Waals surface area contributed by atoms with Gasteiger partial charge in [-0.15, -0.1) is 0 Å². The van der Waals surface area contributed by atoms with Crippen molar-refractivity contribution in [3.8, 4) is 0 Å². The topological polar surface area (TPSA) is 9.23 Å². The SMILES string of the molecule is [CH2]OCc1ccc(C)cc1C. The largest absolute Gasteiger partial charge is 0.374 e. The van der Waals surface area contributed by atoms with Crippen molar-refractivity contribution < 1.29 is 4.74 Å². The number of aryl methyl sites for hydroxylation is 2. The molecule has 0 spiro atoms. The molecule has 1 heteroatoms. The normalized spacial score (nSPS) is 10.1. The molecule has 59 valence electrons. The highest BCUT2D eigenvalue weighted by atomic mass is 16.5. The highest BCUT2D eigenvalue weighted by Gasteiger charge is 1.95. The van der Waals surface area contributed by atoms with Gasteiger partial charge in [0.15, 0.2) is 0 Å². The highest BCUT2D eigenvalue weighted by molar-refractivity contribution is 5.29. The monoisotopic (exact) mass is 149 g/mol. The van der Waals surface area contributed by atoms with E-state index in [0.29, 0.717) is 6.61 Å². The summed E-state index contributed by atoms with van der Waals surface area (Å²) < 4.78 is 4.80. The van der Waals surface area contributed by atoms with Crippen LogP contribution in [0.5, 0.6) is 0 Å². The zero-order chi connectivity index (χ0) is 8.27. The second-order valence-electron chi connectivity index (χ2n) is 2.78. The van der Waals surface area contributed by atoms with Gasteiger partial charge in [-0.25, -0.2) is 0 Å². The Morgan fingerprint density at radius 1 is 1.36 bits per heavy atom. The Morgan fingerprint density at radius 3 is 2.64 bits per heavy atom. The molecule has 1 aromatic rings. The molecule has 0 saturated carbocycles. The first-order chi connectivity index (χ1) is 5.24. The zero-order valence-electron chi connectivity index (χ0n) is 7.05. The molecule has 1 aromatic carbocycles. The Kier molecular flexibility index (Phi) is 2.66. The molecule has 0 aliphatic rings. The maximum Gasteiger partial charge on any atom is 0.0720 e. The lowest BCUT2D eigenvalue weighted by Crippen LogP contribution is -1.90. The first-order valence-electron chi connectivity index (χ1n) is 3.67. The van der Waals surface area contributed by atoms with Crippen LogP contribution in [0.15, 0.2) is 18.2 Å². The molecular weight excluding hydrogens is 136 g/mol. The second-order valence-corrected chi connectivity index (χ2v) is 2.78. The zero-order valence-corrected chi connectivity index (χ0v) is 7.05. The maximum atomic E-state index is 4.80. The molecule has 0 fully saturated rings.